The van der Waals surface area contributed by atoms with E-state index in [2.05, 4.69) is 0 Å². The standard InChI is InChI=1S/C20H31O6P/c1-18(2,3)23-17(22)14-10-11-16(15(12-14)13-21)24-27(25-19(4,5)6)26-20(7,8)9/h10-13H,1-9H3. The van der Waals surface area contributed by atoms with E-state index in [0.29, 0.717) is 6.29 Å². The van der Waals surface area contributed by atoms with Gasteiger partial charge in [-0.25, -0.2) is 4.79 Å². The molecule has 1 rings (SSSR count). The largest absolute Gasteiger partial charge is 0.456 e. The summed E-state index contributed by atoms with van der Waals surface area (Å²) in [4.78, 5) is 23.7. The Labute approximate surface area is 163 Å². The van der Waals surface area contributed by atoms with Gasteiger partial charge in [0.2, 0.25) is 0 Å². The lowest BCUT2D eigenvalue weighted by Gasteiger charge is -2.30. The Bertz CT molecular complexity index is 649. The topological polar surface area (TPSA) is 71.1 Å². The average Bonchev–Trinajstić information content (AvgIpc) is 2.42. The fraction of sp³-hybridized carbons (Fsp3) is 0.600. The van der Waals surface area contributed by atoms with Crippen LogP contribution in [0.2, 0.25) is 0 Å². The van der Waals surface area contributed by atoms with Gasteiger partial charge in [-0.3, -0.25) is 13.8 Å². The molecule has 0 bridgehead atoms. The molecule has 152 valence electrons. The average molecular weight is 398 g/mol. The van der Waals surface area contributed by atoms with Crippen molar-refractivity contribution in [3.8, 4) is 5.75 Å². The molecule has 0 aliphatic heterocycles. The summed E-state index contributed by atoms with van der Waals surface area (Å²) >= 11 is 0. The summed E-state index contributed by atoms with van der Waals surface area (Å²) in [5.41, 5.74) is -1.11. The van der Waals surface area contributed by atoms with Crippen molar-refractivity contribution < 1.29 is 27.9 Å². The van der Waals surface area contributed by atoms with Crippen LogP contribution < -0.4 is 4.52 Å². The number of benzene rings is 1. The van der Waals surface area contributed by atoms with Crippen LogP contribution in [0.25, 0.3) is 0 Å². The smallest absolute Gasteiger partial charge is 0.398 e. The molecule has 0 fully saturated rings. The molecule has 27 heavy (non-hydrogen) atoms. The maximum Gasteiger partial charge on any atom is 0.398 e. The lowest BCUT2D eigenvalue weighted by Crippen LogP contribution is -2.24. The van der Waals surface area contributed by atoms with Crippen molar-refractivity contribution in [1.82, 2.24) is 0 Å². The summed E-state index contributed by atoms with van der Waals surface area (Å²) in [7, 11) is -1.76. The van der Waals surface area contributed by atoms with Crippen LogP contribution >= 0.6 is 8.60 Å². The van der Waals surface area contributed by atoms with E-state index < -0.39 is 31.4 Å². The minimum absolute atomic E-state index is 0.223. The van der Waals surface area contributed by atoms with E-state index in [4.69, 9.17) is 18.3 Å². The Morgan fingerprint density at radius 1 is 0.889 bits per heavy atom. The zero-order chi connectivity index (χ0) is 21.0. The molecule has 1 aromatic carbocycles. The molecule has 0 unspecified atom stereocenters. The summed E-state index contributed by atoms with van der Waals surface area (Å²) in [6.07, 6.45) is 0.630. The number of aldehydes is 1. The predicted octanol–water partition coefficient (Wildman–Crippen LogP) is 5.69. The number of carbonyl (C=O) groups excluding carboxylic acids is 2. The third-order valence-corrected chi connectivity index (χ3v) is 4.38. The van der Waals surface area contributed by atoms with E-state index in [0.717, 1.165) is 0 Å². The van der Waals surface area contributed by atoms with Gasteiger partial charge in [-0.15, -0.1) is 0 Å². The lowest BCUT2D eigenvalue weighted by molar-refractivity contribution is 0.00693. The van der Waals surface area contributed by atoms with Gasteiger partial charge in [0.05, 0.1) is 22.3 Å². The van der Waals surface area contributed by atoms with Crippen LogP contribution in [0.4, 0.5) is 0 Å². The summed E-state index contributed by atoms with van der Waals surface area (Å²) in [6, 6.07) is 4.55. The fourth-order valence-corrected chi connectivity index (χ4v) is 3.10. The second kappa shape index (κ2) is 8.68. The Kier molecular flexibility index (Phi) is 7.57. The molecule has 7 heteroatoms. The van der Waals surface area contributed by atoms with E-state index in [1.165, 1.54) is 6.07 Å². The second-order valence-electron chi connectivity index (χ2n) is 9.09. The minimum atomic E-state index is -1.76. The van der Waals surface area contributed by atoms with E-state index in [1.807, 2.05) is 41.5 Å². The van der Waals surface area contributed by atoms with Gasteiger partial charge in [-0.2, -0.15) is 0 Å². The normalized spacial score (nSPS) is 12.8. The maximum atomic E-state index is 12.2. The van der Waals surface area contributed by atoms with Crippen LogP contribution in [-0.2, 0) is 13.8 Å². The number of hydrogen-bond donors (Lipinski definition) is 0. The van der Waals surface area contributed by atoms with Gasteiger partial charge in [-0.1, -0.05) is 0 Å². The predicted molar refractivity (Wildman–Crippen MR) is 106 cm³/mol. The first-order chi connectivity index (χ1) is 12.1. The van der Waals surface area contributed by atoms with Gasteiger partial charge in [0.1, 0.15) is 11.4 Å². The summed E-state index contributed by atoms with van der Waals surface area (Å²) in [6.45, 7) is 16.7. The van der Waals surface area contributed by atoms with Gasteiger partial charge in [-0.05, 0) is 80.5 Å². The molecule has 0 heterocycles. The number of carbonyl (C=O) groups is 2. The monoisotopic (exact) mass is 398 g/mol. The van der Waals surface area contributed by atoms with Crippen molar-refractivity contribution in [3.05, 3.63) is 29.3 Å². The Morgan fingerprint density at radius 3 is 1.81 bits per heavy atom. The van der Waals surface area contributed by atoms with Gasteiger partial charge < -0.3 is 9.26 Å². The molecule has 0 radical (unpaired) electrons. The van der Waals surface area contributed by atoms with Crippen molar-refractivity contribution >= 4 is 20.9 Å². The molecule has 0 aliphatic carbocycles. The van der Waals surface area contributed by atoms with Gasteiger partial charge in [0.15, 0.2) is 6.29 Å². The third-order valence-electron chi connectivity index (χ3n) is 2.64. The first-order valence-electron chi connectivity index (χ1n) is 8.78. The van der Waals surface area contributed by atoms with Crippen molar-refractivity contribution in [3.63, 3.8) is 0 Å². The molecular weight excluding hydrogens is 367 g/mol. The number of ether oxygens (including phenoxy) is 1. The minimum Gasteiger partial charge on any atom is -0.456 e. The van der Waals surface area contributed by atoms with Crippen LogP contribution in [-0.4, -0.2) is 29.1 Å². The molecule has 0 spiro atoms. The van der Waals surface area contributed by atoms with E-state index in [1.54, 1.807) is 32.9 Å². The third kappa shape index (κ3) is 9.32. The Morgan fingerprint density at radius 2 is 1.41 bits per heavy atom. The SMILES string of the molecule is CC(C)(C)OC(=O)c1ccc(OP(OC(C)(C)C)OC(C)(C)C)c(C=O)c1. The molecule has 0 saturated carbocycles. The molecule has 6 nitrogen and oxygen atoms in total. The van der Waals surface area contributed by atoms with E-state index in [-0.39, 0.29) is 16.9 Å². The maximum absolute atomic E-state index is 12.2. The lowest BCUT2D eigenvalue weighted by atomic mass is 10.1. The number of esters is 1. The highest BCUT2D eigenvalue weighted by atomic mass is 31.2. The number of rotatable bonds is 6. The molecule has 0 aliphatic rings. The first kappa shape index (κ1) is 23.5. The van der Waals surface area contributed by atoms with Crippen LogP contribution in [0.5, 0.6) is 5.75 Å². The molecule has 0 saturated heterocycles. The van der Waals surface area contributed by atoms with Gasteiger partial charge in [0.25, 0.3) is 0 Å². The van der Waals surface area contributed by atoms with E-state index in [9.17, 15) is 9.59 Å². The van der Waals surface area contributed by atoms with Crippen LogP contribution in [0.15, 0.2) is 18.2 Å². The zero-order valence-corrected chi connectivity index (χ0v) is 18.6. The Balaban J connectivity index is 3.09. The van der Waals surface area contributed by atoms with Gasteiger partial charge in [0, 0.05) is 0 Å². The van der Waals surface area contributed by atoms with Crippen molar-refractivity contribution in [2.75, 3.05) is 0 Å². The molecule has 1 aromatic rings. The quantitative estimate of drug-likeness (QED) is 0.348. The molecule has 0 atom stereocenters. The van der Waals surface area contributed by atoms with Crippen molar-refractivity contribution in [2.24, 2.45) is 0 Å². The summed E-state index contributed by atoms with van der Waals surface area (Å²) in [5.74, 6) is -0.215. The van der Waals surface area contributed by atoms with Crippen LogP contribution in [0, 0.1) is 0 Å². The van der Waals surface area contributed by atoms with Crippen LogP contribution in [0.1, 0.15) is 83.0 Å². The highest BCUT2D eigenvalue weighted by Gasteiger charge is 2.29. The van der Waals surface area contributed by atoms with Crippen LogP contribution in [0.3, 0.4) is 0 Å². The fourth-order valence-electron chi connectivity index (χ4n) is 1.77. The Hall–Kier alpha value is -1.49. The summed E-state index contributed by atoms with van der Waals surface area (Å²) in [5, 5.41) is 0. The highest BCUT2D eigenvalue weighted by molar-refractivity contribution is 7.42. The van der Waals surface area contributed by atoms with Crippen molar-refractivity contribution in [1.29, 1.82) is 0 Å². The highest BCUT2D eigenvalue weighted by Crippen LogP contribution is 2.48. The summed E-state index contributed by atoms with van der Waals surface area (Å²) < 4.78 is 22.9. The van der Waals surface area contributed by atoms with Gasteiger partial charge >= 0.3 is 14.6 Å². The molecular formula is C20H31O6P. The van der Waals surface area contributed by atoms with E-state index >= 15 is 0 Å². The number of hydrogen-bond acceptors (Lipinski definition) is 6. The molecule has 0 amide bonds. The zero-order valence-electron chi connectivity index (χ0n) is 17.7. The van der Waals surface area contributed by atoms with Crippen molar-refractivity contribution in [2.45, 2.75) is 79.1 Å². The molecule has 0 N–H and O–H groups in total. The second-order valence-corrected chi connectivity index (χ2v) is 10.1. The first-order valence-corrected chi connectivity index (χ1v) is 9.88. The molecule has 0 aromatic heterocycles.